The molecule has 2 heterocycles. The number of hydrogen-bond acceptors (Lipinski definition) is 5. The number of carbonyl (C=O) groups is 1. The second kappa shape index (κ2) is 7.32. The third kappa shape index (κ3) is 3.86. The van der Waals surface area contributed by atoms with Crippen LogP contribution in [0.1, 0.15) is 26.4 Å². The Hall–Kier alpha value is -3.26. The Bertz CT molecular complexity index is 1030. The number of para-hydroxylation sites is 1. The quantitative estimate of drug-likeness (QED) is 0.371. The number of aromatic hydroxyl groups is 1. The van der Waals surface area contributed by atoms with E-state index >= 15 is 0 Å². The lowest BCUT2D eigenvalue weighted by Crippen LogP contribution is -2.33. The molecule has 26 heavy (non-hydrogen) atoms. The highest BCUT2D eigenvalue weighted by atomic mass is 32.1. The summed E-state index contributed by atoms with van der Waals surface area (Å²) < 4.78 is 1.81. The molecule has 3 N–H and O–H groups in total. The molecule has 0 unspecified atom stereocenters. The first kappa shape index (κ1) is 17.6. The summed E-state index contributed by atoms with van der Waals surface area (Å²) in [7, 11) is 0. The number of aromatic nitrogens is 2. The maximum Gasteiger partial charge on any atom is 0.390 e. The number of nitrogens with zero attached hydrogens (tertiary/aromatic N) is 2. The highest BCUT2D eigenvalue weighted by molar-refractivity contribution is 7.11. The van der Waals surface area contributed by atoms with Crippen LogP contribution in [0.5, 0.6) is 5.75 Å². The molecule has 7 nitrogen and oxygen atoms in total. The van der Waals surface area contributed by atoms with Crippen LogP contribution < -0.4 is 14.9 Å². The van der Waals surface area contributed by atoms with Gasteiger partial charge >= 0.3 is 10.7 Å². The van der Waals surface area contributed by atoms with E-state index in [1.54, 1.807) is 12.1 Å². The zero-order valence-electron chi connectivity index (χ0n) is 14.2. The van der Waals surface area contributed by atoms with E-state index in [0.29, 0.717) is 10.7 Å². The first-order valence-electron chi connectivity index (χ1n) is 7.78. The van der Waals surface area contributed by atoms with Crippen molar-refractivity contribution in [3.05, 3.63) is 74.0 Å². The molecular weight excluding hydrogens is 352 g/mol. The largest absolute Gasteiger partial charge is 0.507 e. The van der Waals surface area contributed by atoms with Gasteiger partial charge in [0.25, 0.3) is 5.91 Å². The van der Waals surface area contributed by atoms with Crippen molar-refractivity contribution in [3.63, 3.8) is 0 Å². The van der Waals surface area contributed by atoms with E-state index in [2.05, 4.69) is 15.5 Å². The fourth-order valence-electron chi connectivity index (χ4n) is 2.53. The number of carbonyl (C=O) groups excluding carboxylic acids is 1. The van der Waals surface area contributed by atoms with E-state index in [1.807, 2.05) is 36.9 Å². The SMILES string of the molecule is Cc1cc(C)c[n+](-c2[nH]c(=O)sc2/C=N/NC(=O)c2ccccc2O)c1. The molecular formula is C18H17N4O3S+. The molecule has 0 saturated carbocycles. The molecule has 132 valence electrons. The van der Waals surface area contributed by atoms with Crippen molar-refractivity contribution in [3.8, 4) is 11.6 Å². The molecule has 2 aromatic heterocycles. The number of rotatable bonds is 4. The summed E-state index contributed by atoms with van der Waals surface area (Å²) in [6, 6.07) is 8.21. The lowest BCUT2D eigenvalue weighted by Gasteiger charge is -2.02. The molecule has 0 aliphatic carbocycles. The Kier molecular flexibility index (Phi) is 4.94. The summed E-state index contributed by atoms with van der Waals surface area (Å²) in [4.78, 5) is 27.0. The van der Waals surface area contributed by atoms with Crippen LogP contribution in [0.15, 0.2) is 52.6 Å². The van der Waals surface area contributed by atoms with Gasteiger partial charge in [0.2, 0.25) is 0 Å². The van der Waals surface area contributed by atoms with E-state index in [0.717, 1.165) is 22.5 Å². The Morgan fingerprint density at radius 2 is 1.96 bits per heavy atom. The van der Waals surface area contributed by atoms with Crippen LogP contribution in [0, 0.1) is 13.8 Å². The van der Waals surface area contributed by atoms with Crippen molar-refractivity contribution in [2.75, 3.05) is 0 Å². The van der Waals surface area contributed by atoms with Crippen molar-refractivity contribution < 1.29 is 14.5 Å². The van der Waals surface area contributed by atoms with Crippen LogP contribution in [0.25, 0.3) is 5.82 Å². The summed E-state index contributed by atoms with van der Waals surface area (Å²) in [6.07, 6.45) is 5.19. The third-order valence-electron chi connectivity index (χ3n) is 3.55. The molecule has 0 aliphatic heterocycles. The molecule has 0 spiro atoms. The van der Waals surface area contributed by atoms with Gasteiger partial charge in [-0.15, -0.1) is 0 Å². The number of benzene rings is 1. The number of aromatic amines is 1. The molecule has 0 radical (unpaired) electrons. The molecule has 0 atom stereocenters. The van der Waals surface area contributed by atoms with E-state index < -0.39 is 5.91 Å². The Labute approximate surface area is 153 Å². The van der Waals surface area contributed by atoms with E-state index in [1.165, 1.54) is 18.3 Å². The van der Waals surface area contributed by atoms with Gasteiger partial charge in [0, 0.05) is 0 Å². The number of H-pyrrole nitrogens is 1. The third-order valence-corrected chi connectivity index (χ3v) is 4.36. The number of phenols is 1. The van der Waals surface area contributed by atoms with Crippen molar-refractivity contribution >= 4 is 23.5 Å². The fraction of sp³-hybridized carbons (Fsp3) is 0.111. The maximum atomic E-state index is 12.0. The van der Waals surface area contributed by atoms with Crippen LogP contribution in [-0.2, 0) is 0 Å². The van der Waals surface area contributed by atoms with E-state index in [9.17, 15) is 14.7 Å². The highest BCUT2D eigenvalue weighted by Gasteiger charge is 2.17. The lowest BCUT2D eigenvalue weighted by molar-refractivity contribution is -0.600. The fourth-order valence-corrected chi connectivity index (χ4v) is 3.23. The van der Waals surface area contributed by atoms with Crippen molar-refractivity contribution in [2.45, 2.75) is 13.8 Å². The van der Waals surface area contributed by atoms with Crippen molar-refractivity contribution in [1.82, 2.24) is 10.4 Å². The number of hydrazone groups is 1. The number of thiazole rings is 1. The first-order chi connectivity index (χ1) is 12.4. The second-order valence-electron chi connectivity index (χ2n) is 5.74. The number of nitrogens with one attached hydrogen (secondary N) is 2. The summed E-state index contributed by atoms with van der Waals surface area (Å²) >= 11 is 0.990. The number of aryl methyl sites for hydroxylation is 2. The van der Waals surface area contributed by atoms with Gasteiger partial charge in [-0.2, -0.15) is 10.1 Å². The van der Waals surface area contributed by atoms with Gasteiger partial charge in [-0.05, 0) is 54.5 Å². The van der Waals surface area contributed by atoms with Gasteiger partial charge in [0.1, 0.15) is 10.6 Å². The summed E-state index contributed by atoms with van der Waals surface area (Å²) in [6.45, 7) is 3.93. The lowest BCUT2D eigenvalue weighted by atomic mass is 10.2. The molecule has 0 fully saturated rings. The second-order valence-corrected chi connectivity index (χ2v) is 6.76. The van der Waals surface area contributed by atoms with Crippen LogP contribution in [0.4, 0.5) is 0 Å². The molecule has 1 aromatic carbocycles. The summed E-state index contributed by atoms with van der Waals surface area (Å²) in [5.74, 6) is -0.0897. The minimum atomic E-state index is -0.539. The van der Waals surface area contributed by atoms with Gasteiger partial charge in [0.05, 0.1) is 24.2 Å². The molecule has 0 bridgehead atoms. The van der Waals surface area contributed by atoms with Gasteiger partial charge in [-0.25, -0.2) is 14.8 Å². The Morgan fingerprint density at radius 3 is 2.65 bits per heavy atom. The minimum absolute atomic E-state index is 0.121. The molecule has 3 aromatic rings. The zero-order valence-corrected chi connectivity index (χ0v) is 15.0. The smallest absolute Gasteiger partial charge is 0.390 e. The van der Waals surface area contributed by atoms with Gasteiger partial charge in [0.15, 0.2) is 0 Å². The maximum absolute atomic E-state index is 12.0. The molecule has 0 aliphatic rings. The molecule has 8 heteroatoms. The minimum Gasteiger partial charge on any atom is -0.507 e. The van der Waals surface area contributed by atoms with E-state index in [4.69, 9.17) is 0 Å². The van der Waals surface area contributed by atoms with Crippen LogP contribution in [0.2, 0.25) is 0 Å². The molecule has 3 rings (SSSR count). The van der Waals surface area contributed by atoms with Crippen molar-refractivity contribution in [2.24, 2.45) is 5.10 Å². The average molecular weight is 369 g/mol. The predicted molar refractivity (Wildman–Crippen MR) is 99.1 cm³/mol. The van der Waals surface area contributed by atoms with Gasteiger partial charge in [-0.1, -0.05) is 12.1 Å². The Balaban J connectivity index is 1.85. The Morgan fingerprint density at radius 1 is 1.27 bits per heavy atom. The van der Waals surface area contributed by atoms with Crippen LogP contribution >= 0.6 is 11.3 Å². The van der Waals surface area contributed by atoms with Gasteiger partial charge < -0.3 is 5.11 Å². The number of phenolic OH excluding ortho intramolecular Hbond substituents is 1. The van der Waals surface area contributed by atoms with E-state index in [-0.39, 0.29) is 16.2 Å². The topological polar surface area (TPSA) is 98.4 Å². The number of hydrogen-bond donors (Lipinski definition) is 3. The molecule has 0 saturated heterocycles. The van der Waals surface area contributed by atoms with Crippen molar-refractivity contribution in [1.29, 1.82) is 0 Å². The number of pyridine rings is 1. The van der Waals surface area contributed by atoms with Crippen LogP contribution in [0.3, 0.4) is 0 Å². The predicted octanol–water partition coefficient (Wildman–Crippen LogP) is 1.80. The summed E-state index contributed by atoms with van der Waals surface area (Å²) in [5, 5.41) is 13.6. The zero-order chi connectivity index (χ0) is 18.7. The monoisotopic (exact) mass is 369 g/mol. The summed E-state index contributed by atoms with van der Waals surface area (Å²) in [5.41, 5.74) is 4.57. The normalized spacial score (nSPS) is 11.0. The number of amides is 1. The standard InChI is InChI=1S/C18H16N4O3S/c1-11-7-12(2)10-22(9-11)16-15(26-18(25)20-16)8-19-21-17(24)13-5-3-4-6-14(13)23/h3-10H,1-2H3,(H2-,19,20,21,23,24,25)/p+1. The highest BCUT2D eigenvalue weighted by Crippen LogP contribution is 2.15. The molecule has 1 amide bonds. The van der Waals surface area contributed by atoms with Gasteiger partial charge in [-0.3, -0.25) is 4.79 Å². The first-order valence-corrected chi connectivity index (χ1v) is 8.60. The average Bonchev–Trinajstić information content (AvgIpc) is 2.95. The van der Waals surface area contributed by atoms with Crippen LogP contribution in [-0.4, -0.2) is 22.2 Å².